The molecular formula is C23H22N3+. The van der Waals surface area contributed by atoms with Gasteiger partial charge in [0.15, 0.2) is 12.0 Å². The predicted molar refractivity (Wildman–Crippen MR) is 106 cm³/mol. The smallest absolute Gasteiger partial charge is 0.213 e. The van der Waals surface area contributed by atoms with Gasteiger partial charge in [-0.1, -0.05) is 23.8 Å². The van der Waals surface area contributed by atoms with Gasteiger partial charge in [0.2, 0.25) is 5.69 Å². The molecule has 0 saturated heterocycles. The molecule has 3 nitrogen and oxygen atoms in total. The van der Waals surface area contributed by atoms with Gasteiger partial charge < -0.3 is 0 Å². The molecule has 2 aromatic carbocycles. The van der Waals surface area contributed by atoms with Gasteiger partial charge in [0, 0.05) is 35.0 Å². The van der Waals surface area contributed by atoms with Crippen LogP contribution in [0.3, 0.4) is 0 Å². The third kappa shape index (κ3) is 2.86. The molecule has 4 rings (SSSR count). The largest absolute Gasteiger partial charge is 0.237 e. The van der Waals surface area contributed by atoms with Gasteiger partial charge in [-0.2, -0.15) is 0 Å². The van der Waals surface area contributed by atoms with Crippen LogP contribution in [0, 0.1) is 20.8 Å². The number of rotatable bonds is 2. The lowest BCUT2D eigenvalue weighted by Gasteiger charge is -2.10. The van der Waals surface area contributed by atoms with Crippen molar-refractivity contribution in [3.63, 3.8) is 0 Å². The topological polar surface area (TPSA) is 29.7 Å². The molecule has 2 aromatic heterocycles. The van der Waals surface area contributed by atoms with Crippen LogP contribution in [0.1, 0.15) is 16.7 Å². The van der Waals surface area contributed by atoms with Gasteiger partial charge in [0.25, 0.3) is 0 Å². The number of hydrogen-bond donors (Lipinski definition) is 0. The molecule has 0 amide bonds. The highest BCUT2D eigenvalue weighted by Gasteiger charge is 2.16. The normalized spacial score (nSPS) is 11.1. The summed E-state index contributed by atoms with van der Waals surface area (Å²) in [5, 5.41) is 2.40. The van der Waals surface area contributed by atoms with Crippen molar-refractivity contribution in [2.24, 2.45) is 7.05 Å². The second-order valence-corrected chi connectivity index (χ2v) is 6.94. The van der Waals surface area contributed by atoms with Crippen molar-refractivity contribution in [1.82, 2.24) is 9.97 Å². The maximum atomic E-state index is 4.36. The number of aromatic nitrogens is 3. The van der Waals surface area contributed by atoms with Gasteiger partial charge in [0.1, 0.15) is 7.05 Å². The number of hydrogen-bond acceptors (Lipinski definition) is 2. The average Bonchev–Trinajstić information content (AvgIpc) is 2.64. The summed E-state index contributed by atoms with van der Waals surface area (Å²) < 4.78 is 2.21. The maximum absolute atomic E-state index is 4.36. The molecule has 0 saturated carbocycles. The van der Waals surface area contributed by atoms with Crippen LogP contribution in [0.5, 0.6) is 0 Å². The molecule has 0 aliphatic carbocycles. The zero-order valence-corrected chi connectivity index (χ0v) is 15.6. The minimum absolute atomic E-state index is 0.756. The Labute approximate surface area is 154 Å². The van der Waals surface area contributed by atoms with Crippen LogP contribution in [-0.4, -0.2) is 9.97 Å². The van der Waals surface area contributed by atoms with Gasteiger partial charge in [-0.3, -0.25) is 0 Å². The summed E-state index contributed by atoms with van der Waals surface area (Å²) in [6, 6.07) is 15.0. The lowest BCUT2D eigenvalue weighted by atomic mass is 9.96. The van der Waals surface area contributed by atoms with Crippen molar-refractivity contribution in [2.45, 2.75) is 20.8 Å². The SMILES string of the molecule is Cc1cc(C)c(C)c(-c2cc3ccc(-c4ncccn4)cc3c[n+]2C)c1. The molecule has 0 spiro atoms. The first-order valence-electron chi connectivity index (χ1n) is 8.82. The van der Waals surface area contributed by atoms with Crippen LogP contribution in [0.2, 0.25) is 0 Å². The lowest BCUT2D eigenvalue weighted by molar-refractivity contribution is -0.659. The van der Waals surface area contributed by atoms with E-state index >= 15 is 0 Å². The second-order valence-electron chi connectivity index (χ2n) is 6.94. The third-order valence-corrected chi connectivity index (χ3v) is 5.00. The Morgan fingerprint density at radius 1 is 0.846 bits per heavy atom. The summed E-state index contributed by atoms with van der Waals surface area (Å²) in [6.07, 6.45) is 5.74. The number of nitrogens with zero attached hydrogens (tertiary/aromatic N) is 3. The molecule has 0 N–H and O–H groups in total. The molecule has 26 heavy (non-hydrogen) atoms. The summed E-state index contributed by atoms with van der Waals surface area (Å²) >= 11 is 0. The zero-order valence-electron chi connectivity index (χ0n) is 15.6. The molecule has 0 aliphatic rings. The van der Waals surface area contributed by atoms with Gasteiger partial charge in [-0.25, -0.2) is 14.5 Å². The fraction of sp³-hybridized carbons (Fsp3) is 0.174. The summed E-state index contributed by atoms with van der Waals surface area (Å²) in [4.78, 5) is 8.71. The maximum Gasteiger partial charge on any atom is 0.213 e. The van der Waals surface area contributed by atoms with Crippen LogP contribution >= 0.6 is 0 Å². The average molecular weight is 340 g/mol. The molecule has 0 radical (unpaired) electrons. The van der Waals surface area contributed by atoms with Crippen LogP contribution in [0.4, 0.5) is 0 Å². The Morgan fingerprint density at radius 2 is 1.62 bits per heavy atom. The highest BCUT2D eigenvalue weighted by molar-refractivity contribution is 5.87. The van der Waals surface area contributed by atoms with E-state index in [1.807, 2.05) is 6.07 Å². The zero-order chi connectivity index (χ0) is 18.3. The van der Waals surface area contributed by atoms with Gasteiger partial charge in [-0.15, -0.1) is 0 Å². The summed E-state index contributed by atoms with van der Waals surface area (Å²) in [6.45, 7) is 6.53. The van der Waals surface area contributed by atoms with E-state index in [-0.39, 0.29) is 0 Å². The first-order valence-corrected chi connectivity index (χ1v) is 8.82. The van der Waals surface area contributed by atoms with E-state index in [9.17, 15) is 0 Å². The van der Waals surface area contributed by atoms with Crippen LogP contribution in [0.15, 0.2) is 61.1 Å². The van der Waals surface area contributed by atoms with Crippen LogP contribution < -0.4 is 4.57 Å². The Hall–Kier alpha value is -3.07. The van der Waals surface area contributed by atoms with E-state index in [1.54, 1.807) is 12.4 Å². The molecule has 128 valence electrons. The van der Waals surface area contributed by atoms with Crippen molar-refractivity contribution < 1.29 is 4.57 Å². The summed E-state index contributed by atoms with van der Waals surface area (Å²) in [5.41, 5.74) is 7.51. The fourth-order valence-electron chi connectivity index (χ4n) is 3.51. The predicted octanol–water partition coefficient (Wildman–Crippen LogP) is 4.71. The Bertz CT molecular complexity index is 1120. The quantitative estimate of drug-likeness (QED) is 0.495. The van der Waals surface area contributed by atoms with E-state index < -0.39 is 0 Å². The first kappa shape index (κ1) is 16.4. The number of benzene rings is 2. The van der Waals surface area contributed by atoms with E-state index in [0.717, 1.165) is 11.4 Å². The molecule has 0 bridgehead atoms. The van der Waals surface area contributed by atoms with E-state index in [0.29, 0.717) is 0 Å². The third-order valence-electron chi connectivity index (χ3n) is 5.00. The monoisotopic (exact) mass is 340 g/mol. The minimum atomic E-state index is 0.756. The van der Waals surface area contributed by atoms with Gasteiger partial charge in [-0.05, 0) is 55.5 Å². The van der Waals surface area contributed by atoms with E-state index in [1.165, 1.54) is 38.7 Å². The van der Waals surface area contributed by atoms with Crippen LogP contribution in [0.25, 0.3) is 33.4 Å². The Balaban J connectivity index is 1.88. The minimum Gasteiger partial charge on any atom is -0.237 e. The van der Waals surface area contributed by atoms with Crippen molar-refractivity contribution in [3.8, 4) is 22.6 Å². The summed E-state index contributed by atoms with van der Waals surface area (Å²) in [5.74, 6) is 0.756. The Morgan fingerprint density at radius 3 is 2.38 bits per heavy atom. The molecule has 2 heterocycles. The van der Waals surface area contributed by atoms with Crippen molar-refractivity contribution in [2.75, 3.05) is 0 Å². The molecule has 0 unspecified atom stereocenters. The number of pyridine rings is 1. The van der Waals surface area contributed by atoms with E-state index in [4.69, 9.17) is 0 Å². The molecule has 0 atom stereocenters. The molecule has 0 aliphatic heterocycles. The first-order chi connectivity index (χ1) is 12.5. The molecule has 3 heteroatoms. The van der Waals surface area contributed by atoms with Crippen molar-refractivity contribution >= 4 is 10.8 Å². The van der Waals surface area contributed by atoms with Gasteiger partial charge >= 0.3 is 0 Å². The number of fused-ring (bicyclic) bond motifs is 1. The van der Waals surface area contributed by atoms with Gasteiger partial charge in [0.05, 0.1) is 0 Å². The molecular weight excluding hydrogens is 318 g/mol. The fourth-order valence-corrected chi connectivity index (χ4v) is 3.51. The Kier molecular flexibility index (Phi) is 4.00. The highest BCUT2D eigenvalue weighted by Crippen LogP contribution is 2.28. The summed E-state index contributed by atoms with van der Waals surface area (Å²) in [7, 11) is 2.11. The molecule has 4 aromatic rings. The van der Waals surface area contributed by atoms with E-state index in [2.05, 4.69) is 84.9 Å². The lowest BCUT2D eigenvalue weighted by Crippen LogP contribution is -2.30. The number of aryl methyl sites for hydroxylation is 3. The standard InChI is InChI=1S/C23H22N3/c1-15-10-16(2)17(3)21(11-15)22-13-18-6-7-19(12-20(18)14-26(22)4)23-24-8-5-9-25-23/h5-14H,1-4H3/q+1. The van der Waals surface area contributed by atoms with Crippen molar-refractivity contribution in [1.29, 1.82) is 0 Å². The van der Waals surface area contributed by atoms with Crippen LogP contribution in [-0.2, 0) is 7.05 Å². The molecule has 0 fully saturated rings. The second kappa shape index (κ2) is 6.34. The highest BCUT2D eigenvalue weighted by atomic mass is 14.9. The van der Waals surface area contributed by atoms with Crippen molar-refractivity contribution in [3.05, 3.63) is 77.7 Å².